The van der Waals surface area contributed by atoms with Gasteiger partial charge >= 0.3 is 0 Å². The Kier molecular flexibility index (Phi) is 7.70. The van der Waals surface area contributed by atoms with Gasteiger partial charge in [0.2, 0.25) is 0 Å². The van der Waals surface area contributed by atoms with Gasteiger partial charge in [-0.1, -0.05) is 50.1 Å². The second-order valence-corrected chi connectivity index (χ2v) is 8.80. The number of nitrogens with zero attached hydrogens (tertiary/aromatic N) is 2. The van der Waals surface area contributed by atoms with Crippen LogP contribution in [0.15, 0.2) is 36.5 Å². The van der Waals surface area contributed by atoms with Gasteiger partial charge in [-0.15, -0.1) is 0 Å². The molecule has 0 spiro atoms. The number of rotatable bonds is 11. The molecule has 1 aromatic carbocycles. The van der Waals surface area contributed by atoms with Crippen molar-refractivity contribution in [2.45, 2.75) is 77.2 Å². The summed E-state index contributed by atoms with van der Waals surface area (Å²) in [5.41, 5.74) is 4.64. The van der Waals surface area contributed by atoms with Crippen LogP contribution in [0.5, 0.6) is 0 Å². The zero-order valence-electron chi connectivity index (χ0n) is 19.3. The highest BCUT2D eigenvalue weighted by molar-refractivity contribution is 5.94. The Bertz CT molecular complexity index is 1070. The van der Waals surface area contributed by atoms with Crippen LogP contribution in [0.4, 0.5) is 0 Å². The molecule has 0 saturated heterocycles. The van der Waals surface area contributed by atoms with Crippen molar-refractivity contribution < 1.29 is 9.59 Å². The summed E-state index contributed by atoms with van der Waals surface area (Å²) < 4.78 is 0. The molecular weight excluding hydrogens is 414 g/mol. The Morgan fingerprint density at radius 1 is 1.09 bits per heavy atom. The van der Waals surface area contributed by atoms with E-state index in [4.69, 9.17) is 0 Å². The van der Waals surface area contributed by atoms with Crippen LogP contribution in [0, 0.1) is 0 Å². The number of unbranched alkanes of at least 4 members (excludes halogenated alkanes) is 2. The summed E-state index contributed by atoms with van der Waals surface area (Å²) in [5, 5.41) is 10.6. The van der Waals surface area contributed by atoms with Crippen molar-refractivity contribution in [3.8, 4) is 11.3 Å². The lowest BCUT2D eigenvalue weighted by molar-refractivity contribution is -0.118. The maximum absolute atomic E-state index is 13.2. The van der Waals surface area contributed by atoms with E-state index >= 15 is 0 Å². The molecular formula is C26H33N5O2. The maximum atomic E-state index is 13.2. The number of fused-ring (bicyclic) bond motifs is 1. The number of hydrogen-bond donors (Lipinski definition) is 3. The minimum Gasteiger partial charge on any atom is -0.341 e. The largest absolute Gasteiger partial charge is 0.341 e. The van der Waals surface area contributed by atoms with Crippen LogP contribution < -0.4 is 5.32 Å². The third-order valence-electron chi connectivity index (χ3n) is 6.43. The number of imidazole rings is 1. The third kappa shape index (κ3) is 5.78. The van der Waals surface area contributed by atoms with E-state index in [2.05, 4.69) is 25.5 Å². The number of hydrogen-bond acceptors (Lipinski definition) is 4. The highest BCUT2D eigenvalue weighted by Crippen LogP contribution is 2.25. The molecule has 0 fully saturated rings. The molecule has 174 valence electrons. The third-order valence-corrected chi connectivity index (χ3v) is 6.43. The Hall–Kier alpha value is -3.22. The van der Waals surface area contributed by atoms with Crippen molar-refractivity contribution in [1.29, 1.82) is 0 Å². The van der Waals surface area contributed by atoms with E-state index in [0.717, 1.165) is 79.7 Å². The van der Waals surface area contributed by atoms with E-state index in [1.165, 1.54) is 0 Å². The second kappa shape index (κ2) is 11.1. The number of aryl methyl sites for hydroxylation is 1. The first-order valence-corrected chi connectivity index (χ1v) is 12.1. The van der Waals surface area contributed by atoms with E-state index in [9.17, 15) is 9.59 Å². The quantitative estimate of drug-likeness (QED) is 0.357. The summed E-state index contributed by atoms with van der Waals surface area (Å²) in [5.74, 6) is 0.899. The summed E-state index contributed by atoms with van der Waals surface area (Å²) in [6, 6.07) is 9.79. The van der Waals surface area contributed by atoms with E-state index in [1.54, 1.807) is 0 Å². The Morgan fingerprint density at radius 2 is 1.91 bits per heavy atom. The minimum absolute atomic E-state index is 0.154. The van der Waals surface area contributed by atoms with Crippen molar-refractivity contribution in [3.63, 3.8) is 0 Å². The first-order chi connectivity index (χ1) is 16.2. The van der Waals surface area contributed by atoms with Crippen LogP contribution in [0.1, 0.15) is 91.9 Å². The van der Waals surface area contributed by atoms with Gasteiger partial charge in [0.1, 0.15) is 11.6 Å². The summed E-state index contributed by atoms with van der Waals surface area (Å²) in [7, 11) is 0. The highest BCUT2D eigenvalue weighted by atomic mass is 16.2. The molecule has 3 aromatic rings. The molecule has 7 nitrogen and oxygen atoms in total. The van der Waals surface area contributed by atoms with Gasteiger partial charge in [-0.25, -0.2) is 4.98 Å². The average molecular weight is 448 g/mol. The maximum Gasteiger partial charge on any atom is 0.272 e. The molecule has 0 bridgehead atoms. The van der Waals surface area contributed by atoms with Crippen LogP contribution >= 0.6 is 0 Å². The molecule has 1 aliphatic rings. The fourth-order valence-electron chi connectivity index (χ4n) is 4.47. The molecule has 1 aliphatic carbocycles. The number of Topliss-reactive ketones (excluding diaryl/α,β-unsaturated/α-hetero) is 1. The van der Waals surface area contributed by atoms with Crippen LogP contribution in [0.25, 0.3) is 11.3 Å². The number of aromatic amines is 2. The fourth-order valence-corrected chi connectivity index (χ4v) is 4.47. The molecule has 2 heterocycles. The molecule has 2 aromatic heterocycles. The normalized spacial score (nSPS) is 14.0. The lowest BCUT2D eigenvalue weighted by atomic mass is 9.95. The number of nitrogens with one attached hydrogen (secondary N) is 3. The SMILES string of the molecule is CCC(=O)CCCCC[C@H](NC(=O)c1n[nH]c2c1CCCC2)c1ncc(-c2ccccc2)[nH]1. The van der Waals surface area contributed by atoms with Crippen molar-refractivity contribution >= 4 is 11.7 Å². The molecule has 1 atom stereocenters. The number of H-pyrrole nitrogens is 2. The van der Waals surface area contributed by atoms with Crippen LogP contribution in [0.2, 0.25) is 0 Å². The van der Waals surface area contributed by atoms with Crippen molar-refractivity contribution in [2.24, 2.45) is 0 Å². The summed E-state index contributed by atoms with van der Waals surface area (Å²) in [4.78, 5) is 32.8. The topological polar surface area (TPSA) is 104 Å². The smallest absolute Gasteiger partial charge is 0.272 e. The number of ketones is 1. The van der Waals surface area contributed by atoms with E-state index in [0.29, 0.717) is 24.3 Å². The predicted octanol–water partition coefficient (Wildman–Crippen LogP) is 5.08. The van der Waals surface area contributed by atoms with Gasteiger partial charge in [-0.2, -0.15) is 5.10 Å². The zero-order chi connectivity index (χ0) is 23.0. The number of aromatic nitrogens is 4. The Morgan fingerprint density at radius 3 is 2.73 bits per heavy atom. The van der Waals surface area contributed by atoms with Crippen LogP contribution in [0.3, 0.4) is 0 Å². The Labute approximate surface area is 194 Å². The average Bonchev–Trinajstić information content (AvgIpc) is 3.51. The lowest BCUT2D eigenvalue weighted by Crippen LogP contribution is -2.30. The zero-order valence-corrected chi connectivity index (χ0v) is 19.3. The molecule has 33 heavy (non-hydrogen) atoms. The number of carbonyl (C=O) groups excluding carboxylic acids is 2. The molecule has 1 amide bonds. The van der Waals surface area contributed by atoms with Crippen molar-refractivity contribution in [1.82, 2.24) is 25.5 Å². The molecule has 3 N–H and O–H groups in total. The Balaban J connectivity index is 1.46. The highest BCUT2D eigenvalue weighted by Gasteiger charge is 2.25. The number of amides is 1. The van der Waals surface area contributed by atoms with Crippen molar-refractivity contribution in [2.75, 3.05) is 0 Å². The standard InChI is InChI=1S/C26H33N5O2/c1-2-19(32)13-7-4-8-16-22(25-27-17-23(28-25)18-11-5-3-6-12-18)29-26(33)24-20-14-9-10-15-21(20)30-31-24/h3,5-6,11-12,17,22H,2,4,7-10,13-16H2,1H3,(H,27,28)(H,29,33)(H,30,31)/t22-/m0/s1. The number of carbonyl (C=O) groups is 2. The van der Waals surface area contributed by atoms with E-state index < -0.39 is 0 Å². The van der Waals surface area contributed by atoms with Gasteiger partial charge in [-0.05, 0) is 44.1 Å². The van der Waals surface area contributed by atoms with Gasteiger partial charge in [0, 0.05) is 24.1 Å². The molecule has 0 unspecified atom stereocenters. The molecule has 7 heteroatoms. The number of benzene rings is 1. The van der Waals surface area contributed by atoms with Crippen LogP contribution in [-0.2, 0) is 17.6 Å². The van der Waals surface area contributed by atoms with Gasteiger partial charge in [-0.3, -0.25) is 14.7 Å². The fraction of sp³-hybridized carbons (Fsp3) is 0.462. The monoisotopic (exact) mass is 447 g/mol. The minimum atomic E-state index is -0.243. The summed E-state index contributed by atoms with van der Waals surface area (Å²) in [6.45, 7) is 1.91. The predicted molar refractivity (Wildman–Crippen MR) is 128 cm³/mol. The first kappa shape index (κ1) is 23.0. The summed E-state index contributed by atoms with van der Waals surface area (Å²) in [6.07, 6.45) is 10.6. The van der Waals surface area contributed by atoms with Gasteiger partial charge < -0.3 is 10.3 Å². The van der Waals surface area contributed by atoms with E-state index in [1.807, 2.05) is 43.5 Å². The van der Waals surface area contributed by atoms with Crippen LogP contribution in [-0.4, -0.2) is 31.9 Å². The van der Waals surface area contributed by atoms with Gasteiger partial charge in [0.25, 0.3) is 5.91 Å². The second-order valence-electron chi connectivity index (χ2n) is 8.80. The molecule has 0 radical (unpaired) electrons. The summed E-state index contributed by atoms with van der Waals surface area (Å²) >= 11 is 0. The van der Waals surface area contributed by atoms with Gasteiger partial charge in [0.05, 0.1) is 17.9 Å². The first-order valence-electron chi connectivity index (χ1n) is 12.1. The van der Waals surface area contributed by atoms with Crippen molar-refractivity contribution in [3.05, 3.63) is 59.3 Å². The molecule has 4 rings (SSSR count). The van der Waals surface area contributed by atoms with Gasteiger partial charge in [0.15, 0.2) is 5.69 Å². The molecule has 0 aliphatic heterocycles. The lowest BCUT2D eigenvalue weighted by Gasteiger charge is -2.17. The van der Waals surface area contributed by atoms with E-state index in [-0.39, 0.29) is 11.9 Å². The molecule has 0 saturated carbocycles.